The number of hydrogen-bond acceptors (Lipinski definition) is 3. The summed E-state index contributed by atoms with van der Waals surface area (Å²) in [4.78, 5) is 12.2. The fourth-order valence-corrected chi connectivity index (χ4v) is 2.80. The van der Waals surface area contributed by atoms with Crippen LogP contribution in [-0.4, -0.2) is 19.1 Å². The van der Waals surface area contributed by atoms with Crippen LogP contribution in [0.15, 0.2) is 36.4 Å². The molecule has 0 fully saturated rings. The van der Waals surface area contributed by atoms with Crippen molar-refractivity contribution in [3.63, 3.8) is 0 Å². The highest BCUT2D eigenvalue weighted by Crippen LogP contribution is 2.36. The first kappa shape index (κ1) is 13.2. The first-order valence-corrected chi connectivity index (χ1v) is 7.31. The molecule has 0 spiro atoms. The molecule has 0 saturated carbocycles. The highest BCUT2D eigenvalue weighted by molar-refractivity contribution is 6.36. The van der Waals surface area contributed by atoms with E-state index in [-0.39, 0.29) is 5.91 Å². The fourth-order valence-electron chi connectivity index (χ4n) is 2.63. The maximum absolute atomic E-state index is 12.2. The van der Waals surface area contributed by atoms with Gasteiger partial charge in [0.1, 0.15) is 13.2 Å². The number of nitrogens with one attached hydrogen (secondary N) is 1. The molecule has 4 rings (SSSR count). The SMILES string of the molecule is O=C1Nc2cc(Cl)ccc2/C1=C\c1ccc2c(c1)OCCO2. The van der Waals surface area contributed by atoms with Crippen molar-refractivity contribution >= 4 is 34.8 Å². The van der Waals surface area contributed by atoms with E-state index in [4.69, 9.17) is 21.1 Å². The molecular formula is C17H12ClNO3. The standard InChI is InChI=1S/C17H12ClNO3/c18-11-2-3-12-13(17(20)19-14(12)9-11)7-10-1-4-15-16(8-10)22-6-5-21-15/h1-4,7-9H,5-6H2,(H,19,20)/b13-7+. The Bertz CT molecular complexity index is 814. The van der Waals surface area contributed by atoms with E-state index in [0.717, 1.165) is 22.6 Å². The van der Waals surface area contributed by atoms with E-state index >= 15 is 0 Å². The summed E-state index contributed by atoms with van der Waals surface area (Å²) in [7, 11) is 0. The van der Waals surface area contributed by atoms with Gasteiger partial charge in [0, 0.05) is 16.2 Å². The summed E-state index contributed by atoms with van der Waals surface area (Å²) in [6, 6.07) is 11.0. The number of ether oxygens (including phenoxy) is 2. The third kappa shape index (κ3) is 2.22. The van der Waals surface area contributed by atoms with Crippen molar-refractivity contribution in [3.8, 4) is 11.5 Å². The summed E-state index contributed by atoms with van der Waals surface area (Å²) < 4.78 is 11.1. The summed E-state index contributed by atoms with van der Waals surface area (Å²) in [6.45, 7) is 1.10. The zero-order valence-corrected chi connectivity index (χ0v) is 12.3. The Morgan fingerprint density at radius 1 is 1.05 bits per heavy atom. The fraction of sp³-hybridized carbons (Fsp3) is 0.118. The molecule has 1 amide bonds. The molecule has 2 aliphatic rings. The van der Waals surface area contributed by atoms with Crippen molar-refractivity contribution in [2.24, 2.45) is 0 Å². The quantitative estimate of drug-likeness (QED) is 0.818. The zero-order valence-electron chi connectivity index (χ0n) is 11.6. The number of benzene rings is 2. The molecule has 0 aromatic heterocycles. The molecule has 2 heterocycles. The lowest BCUT2D eigenvalue weighted by atomic mass is 10.0. The Morgan fingerprint density at radius 2 is 1.86 bits per heavy atom. The lowest BCUT2D eigenvalue weighted by Crippen LogP contribution is -2.15. The number of amides is 1. The first-order chi connectivity index (χ1) is 10.7. The Balaban J connectivity index is 1.76. The van der Waals surface area contributed by atoms with E-state index in [0.29, 0.717) is 29.6 Å². The maximum Gasteiger partial charge on any atom is 0.256 e. The lowest BCUT2D eigenvalue weighted by molar-refractivity contribution is -0.110. The smallest absolute Gasteiger partial charge is 0.256 e. The van der Waals surface area contributed by atoms with Gasteiger partial charge in [-0.05, 0) is 35.9 Å². The predicted octanol–water partition coefficient (Wildman–Crippen LogP) is 3.60. The average Bonchev–Trinajstić information content (AvgIpc) is 2.82. The molecule has 0 aliphatic carbocycles. The van der Waals surface area contributed by atoms with Gasteiger partial charge in [-0.1, -0.05) is 23.7 Å². The van der Waals surface area contributed by atoms with Gasteiger partial charge in [0.05, 0.1) is 5.69 Å². The number of halogens is 1. The monoisotopic (exact) mass is 313 g/mol. The second kappa shape index (κ2) is 5.07. The van der Waals surface area contributed by atoms with E-state index in [2.05, 4.69) is 5.32 Å². The van der Waals surface area contributed by atoms with Crippen molar-refractivity contribution in [1.29, 1.82) is 0 Å². The highest BCUT2D eigenvalue weighted by Gasteiger charge is 2.24. The minimum atomic E-state index is -0.132. The topological polar surface area (TPSA) is 47.6 Å². The molecule has 5 heteroatoms. The van der Waals surface area contributed by atoms with Crippen LogP contribution in [0.1, 0.15) is 11.1 Å². The van der Waals surface area contributed by atoms with E-state index in [9.17, 15) is 4.79 Å². The van der Waals surface area contributed by atoms with E-state index in [1.165, 1.54) is 0 Å². The number of carbonyl (C=O) groups excluding carboxylic acids is 1. The van der Waals surface area contributed by atoms with Crippen LogP contribution < -0.4 is 14.8 Å². The molecule has 0 bridgehead atoms. The minimum Gasteiger partial charge on any atom is -0.486 e. The second-order valence-corrected chi connectivity index (χ2v) is 5.54. The van der Waals surface area contributed by atoms with Crippen molar-refractivity contribution in [2.45, 2.75) is 0 Å². The average molecular weight is 314 g/mol. The molecule has 0 saturated heterocycles. The van der Waals surface area contributed by atoms with Crippen molar-refractivity contribution in [3.05, 3.63) is 52.5 Å². The lowest BCUT2D eigenvalue weighted by Gasteiger charge is -2.18. The Hall–Kier alpha value is -2.46. The summed E-state index contributed by atoms with van der Waals surface area (Å²) in [5.41, 5.74) is 3.09. The van der Waals surface area contributed by atoms with Crippen molar-refractivity contribution in [2.75, 3.05) is 18.5 Å². The van der Waals surface area contributed by atoms with Gasteiger partial charge in [0.25, 0.3) is 5.91 Å². The molecule has 2 aromatic rings. The predicted molar refractivity (Wildman–Crippen MR) is 85.4 cm³/mol. The van der Waals surface area contributed by atoms with Gasteiger partial charge >= 0.3 is 0 Å². The van der Waals surface area contributed by atoms with Crippen LogP contribution in [0, 0.1) is 0 Å². The van der Waals surface area contributed by atoms with Gasteiger partial charge in [-0.15, -0.1) is 0 Å². The van der Waals surface area contributed by atoms with E-state index in [1.54, 1.807) is 12.1 Å². The summed E-state index contributed by atoms with van der Waals surface area (Å²) in [5, 5.41) is 3.42. The minimum absolute atomic E-state index is 0.132. The molecule has 2 aromatic carbocycles. The van der Waals surface area contributed by atoms with Crippen LogP contribution in [-0.2, 0) is 4.79 Å². The van der Waals surface area contributed by atoms with Gasteiger partial charge in [0.2, 0.25) is 0 Å². The normalized spacial score (nSPS) is 17.3. The van der Waals surface area contributed by atoms with Crippen LogP contribution in [0.4, 0.5) is 5.69 Å². The Kier molecular flexibility index (Phi) is 3.05. The van der Waals surface area contributed by atoms with Crippen LogP contribution in [0.5, 0.6) is 11.5 Å². The second-order valence-electron chi connectivity index (χ2n) is 5.11. The summed E-state index contributed by atoms with van der Waals surface area (Å²) in [6.07, 6.45) is 1.84. The molecule has 0 radical (unpaired) electrons. The van der Waals surface area contributed by atoms with Gasteiger partial charge in [-0.2, -0.15) is 0 Å². The third-order valence-electron chi connectivity index (χ3n) is 3.64. The number of hydrogen-bond donors (Lipinski definition) is 1. The molecular weight excluding hydrogens is 302 g/mol. The third-order valence-corrected chi connectivity index (χ3v) is 3.88. The highest BCUT2D eigenvalue weighted by atomic mass is 35.5. The van der Waals surface area contributed by atoms with Gasteiger partial charge < -0.3 is 14.8 Å². The van der Waals surface area contributed by atoms with Crippen LogP contribution in [0.3, 0.4) is 0 Å². The molecule has 0 atom stereocenters. The largest absolute Gasteiger partial charge is 0.486 e. The molecule has 2 aliphatic heterocycles. The van der Waals surface area contributed by atoms with Crippen LogP contribution in [0.2, 0.25) is 5.02 Å². The van der Waals surface area contributed by atoms with Crippen LogP contribution in [0.25, 0.3) is 11.6 Å². The summed E-state index contributed by atoms with van der Waals surface area (Å²) >= 11 is 5.96. The van der Waals surface area contributed by atoms with Gasteiger partial charge in [0.15, 0.2) is 11.5 Å². The number of fused-ring (bicyclic) bond motifs is 2. The number of carbonyl (C=O) groups is 1. The van der Waals surface area contributed by atoms with Crippen LogP contribution >= 0.6 is 11.6 Å². The number of anilines is 1. The molecule has 0 unspecified atom stereocenters. The van der Waals surface area contributed by atoms with E-state index < -0.39 is 0 Å². The van der Waals surface area contributed by atoms with Gasteiger partial charge in [-0.25, -0.2) is 0 Å². The Labute approximate surface area is 132 Å². The number of rotatable bonds is 1. The molecule has 110 valence electrons. The Morgan fingerprint density at radius 3 is 2.73 bits per heavy atom. The maximum atomic E-state index is 12.2. The van der Waals surface area contributed by atoms with Crippen molar-refractivity contribution in [1.82, 2.24) is 0 Å². The summed E-state index contributed by atoms with van der Waals surface area (Å²) in [5.74, 6) is 1.30. The molecule has 1 N–H and O–H groups in total. The van der Waals surface area contributed by atoms with E-state index in [1.807, 2.05) is 30.3 Å². The molecule has 22 heavy (non-hydrogen) atoms. The zero-order chi connectivity index (χ0) is 15.1. The van der Waals surface area contributed by atoms with Crippen molar-refractivity contribution < 1.29 is 14.3 Å². The first-order valence-electron chi connectivity index (χ1n) is 6.93. The van der Waals surface area contributed by atoms with Gasteiger partial charge in [-0.3, -0.25) is 4.79 Å². The molecule has 4 nitrogen and oxygen atoms in total.